The van der Waals surface area contributed by atoms with Crippen molar-refractivity contribution in [1.82, 2.24) is 9.88 Å². The summed E-state index contributed by atoms with van der Waals surface area (Å²) in [6.45, 7) is 4.38. The number of halogens is 2. The van der Waals surface area contributed by atoms with Crippen molar-refractivity contribution in [1.29, 1.82) is 0 Å². The van der Waals surface area contributed by atoms with E-state index in [-0.39, 0.29) is 24.1 Å². The number of ether oxygens (including phenoxy) is 1. The molecule has 1 aromatic heterocycles. The monoisotopic (exact) mass is 447 g/mol. The van der Waals surface area contributed by atoms with E-state index in [4.69, 9.17) is 4.74 Å². The number of nitrogens with zero attached hydrogens (tertiary/aromatic N) is 3. The van der Waals surface area contributed by atoms with E-state index < -0.39 is 0 Å². The Kier molecular flexibility index (Phi) is 7.93. The zero-order valence-corrected chi connectivity index (χ0v) is 18.0. The zero-order chi connectivity index (χ0) is 20.1. The van der Waals surface area contributed by atoms with Crippen molar-refractivity contribution in [2.24, 2.45) is 0 Å². The van der Waals surface area contributed by atoms with Crippen molar-refractivity contribution < 1.29 is 13.9 Å². The average Bonchev–Trinajstić information content (AvgIpc) is 3.16. The van der Waals surface area contributed by atoms with Gasteiger partial charge in [-0.25, -0.2) is 9.37 Å². The largest absolute Gasteiger partial charge is 0.379 e. The van der Waals surface area contributed by atoms with E-state index in [9.17, 15) is 9.18 Å². The van der Waals surface area contributed by atoms with E-state index in [2.05, 4.69) is 9.88 Å². The fourth-order valence-electron chi connectivity index (χ4n) is 3.19. The average molecular weight is 448 g/mol. The van der Waals surface area contributed by atoms with Crippen LogP contribution < -0.4 is 4.90 Å². The summed E-state index contributed by atoms with van der Waals surface area (Å²) in [7, 11) is 0. The zero-order valence-electron chi connectivity index (χ0n) is 16.4. The summed E-state index contributed by atoms with van der Waals surface area (Å²) in [4.78, 5) is 21.5. The minimum Gasteiger partial charge on any atom is -0.379 e. The Morgan fingerprint density at radius 3 is 2.73 bits per heavy atom. The van der Waals surface area contributed by atoms with E-state index in [0.29, 0.717) is 30.4 Å². The molecule has 4 rings (SSSR count). The van der Waals surface area contributed by atoms with Crippen LogP contribution in [0.15, 0.2) is 54.6 Å². The Hall–Kier alpha value is -2.32. The topological polar surface area (TPSA) is 45.7 Å². The normalized spacial score (nSPS) is 14.7. The van der Waals surface area contributed by atoms with Crippen LogP contribution in [0.3, 0.4) is 0 Å². The Balaban J connectivity index is 0.00000256. The standard InChI is InChI=1S/C22H22FN3O2S.ClH/c23-18-7-8-19-20(16-18)29-22(24-19)26(11-10-25-12-14-28-15-13-25)21(27)9-6-17-4-2-1-3-5-17;/h1-9,16H,10-15H2;1H. The van der Waals surface area contributed by atoms with Crippen molar-refractivity contribution >= 4 is 51.1 Å². The van der Waals surface area contributed by atoms with E-state index in [1.54, 1.807) is 23.1 Å². The number of fused-ring (bicyclic) bond motifs is 1. The predicted molar refractivity (Wildman–Crippen MR) is 122 cm³/mol. The quantitative estimate of drug-likeness (QED) is 0.530. The lowest BCUT2D eigenvalue weighted by atomic mass is 10.2. The molecular weight excluding hydrogens is 425 g/mol. The first-order valence-electron chi connectivity index (χ1n) is 9.60. The molecule has 0 radical (unpaired) electrons. The highest BCUT2D eigenvalue weighted by Gasteiger charge is 2.20. The van der Waals surface area contributed by atoms with Crippen LogP contribution in [-0.4, -0.2) is 55.2 Å². The van der Waals surface area contributed by atoms with Crippen LogP contribution >= 0.6 is 23.7 Å². The van der Waals surface area contributed by atoms with Crippen LogP contribution in [-0.2, 0) is 9.53 Å². The molecule has 0 saturated carbocycles. The minimum atomic E-state index is -0.303. The summed E-state index contributed by atoms with van der Waals surface area (Å²) in [6.07, 6.45) is 3.37. The Morgan fingerprint density at radius 2 is 1.97 bits per heavy atom. The van der Waals surface area contributed by atoms with Crippen molar-refractivity contribution in [2.75, 3.05) is 44.3 Å². The molecule has 3 aromatic rings. The summed E-state index contributed by atoms with van der Waals surface area (Å²) in [5, 5.41) is 0.585. The van der Waals surface area contributed by atoms with Crippen LogP contribution in [0.25, 0.3) is 16.3 Å². The molecule has 1 amide bonds. The summed E-state index contributed by atoms with van der Waals surface area (Å²) < 4.78 is 19.7. The summed E-state index contributed by atoms with van der Waals surface area (Å²) >= 11 is 1.33. The molecule has 30 heavy (non-hydrogen) atoms. The van der Waals surface area contributed by atoms with Gasteiger partial charge < -0.3 is 4.74 Å². The SMILES string of the molecule is Cl.O=C(C=Cc1ccccc1)N(CCN1CCOCC1)c1nc2ccc(F)cc2s1. The van der Waals surface area contributed by atoms with Gasteiger partial charge in [0.1, 0.15) is 5.82 Å². The van der Waals surface area contributed by atoms with Crippen LogP contribution in [0.2, 0.25) is 0 Å². The summed E-state index contributed by atoms with van der Waals surface area (Å²) in [5.74, 6) is -0.440. The number of thiazole rings is 1. The number of carbonyl (C=O) groups excluding carboxylic acids is 1. The number of anilines is 1. The number of carbonyl (C=O) groups is 1. The Labute approximate surface area is 185 Å². The molecule has 0 N–H and O–H groups in total. The molecule has 5 nitrogen and oxygen atoms in total. The molecule has 0 atom stereocenters. The van der Waals surface area contributed by atoms with Gasteiger partial charge >= 0.3 is 0 Å². The third kappa shape index (κ3) is 5.64. The second-order valence-corrected chi connectivity index (χ2v) is 7.81. The lowest BCUT2D eigenvalue weighted by Gasteiger charge is -2.28. The lowest BCUT2D eigenvalue weighted by molar-refractivity contribution is -0.114. The van der Waals surface area contributed by atoms with Gasteiger partial charge in [0.2, 0.25) is 0 Å². The van der Waals surface area contributed by atoms with Gasteiger partial charge in [-0.3, -0.25) is 14.6 Å². The molecule has 0 spiro atoms. The summed E-state index contributed by atoms with van der Waals surface area (Å²) in [6, 6.07) is 14.2. The highest BCUT2D eigenvalue weighted by atomic mass is 35.5. The van der Waals surface area contributed by atoms with E-state index in [0.717, 1.165) is 29.9 Å². The van der Waals surface area contributed by atoms with Gasteiger partial charge in [0.25, 0.3) is 5.91 Å². The number of rotatable bonds is 6. The number of hydrogen-bond donors (Lipinski definition) is 0. The summed E-state index contributed by atoms with van der Waals surface area (Å²) in [5.41, 5.74) is 1.66. The van der Waals surface area contributed by atoms with E-state index in [1.165, 1.54) is 23.5 Å². The highest BCUT2D eigenvalue weighted by Crippen LogP contribution is 2.29. The maximum atomic E-state index is 13.6. The molecule has 158 valence electrons. The van der Waals surface area contributed by atoms with Crippen LogP contribution in [0, 0.1) is 5.82 Å². The number of hydrogen-bond acceptors (Lipinski definition) is 5. The van der Waals surface area contributed by atoms with Crippen LogP contribution in [0.1, 0.15) is 5.56 Å². The molecule has 1 fully saturated rings. The van der Waals surface area contributed by atoms with Crippen molar-refractivity contribution in [3.63, 3.8) is 0 Å². The Morgan fingerprint density at radius 1 is 1.20 bits per heavy atom. The first kappa shape index (κ1) is 22.4. The molecule has 0 aliphatic carbocycles. The molecule has 1 saturated heterocycles. The molecule has 1 aliphatic rings. The predicted octanol–water partition coefficient (Wildman–Crippen LogP) is 4.24. The van der Waals surface area contributed by atoms with E-state index in [1.807, 2.05) is 30.3 Å². The second-order valence-electron chi connectivity index (χ2n) is 6.80. The number of benzene rings is 2. The van der Waals surface area contributed by atoms with E-state index >= 15 is 0 Å². The van der Waals surface area contributed by atoms with Gasteiger partial charge in [0, 0.05) is 32.3 Å². The molecule has 0 bridgehead atoms. The first-order valence-corrected chi connectivity index (χ1v) is 10.4. The third-order valence-electron chi connectivity index (χ3n) is 4.80. The molecule has 2 heterocycles. The third-order valence-corrected chi connectivity index (χ3v) is 5.84. The maximum absolute atomic E-state index is 13.6. The van der Waals surface area contributed by atoms with Crippen LogP contribution in [0.4, 0.5) is 9.52 Å². The fraction of sp³-hybridized carbons (Fsp3) is 0.273. The molecular formula is C22H23ClFN3O2S. The van der Waals surface area contributed by atoms with Gasteiger partial charge in [-0.2, -0.15) is 0 Å². The van der Waals surface area contributed by atoms with Crippen molar-refractivity contribution in [3.05, 3.63) is 66.0 Å². The number of morpholine rings is 1. The van der Waals surface area contributed by atoms with Gasteiger partial charge in [0.05, 0.1) is 23.4 Å². The van der Waals surface area contributed by atoms with Gasteiger partial charge in [-0.05, 0) is 29.8 Å². The molecule has 0 unspecified atom stereocenters. The molecule has 2 aromatic carbocycles. The van der Waals surface area contributed by atoms with Gasteiger partial charge in [-0.1, -0.05) is 41.7 Å². The first-order chi connectivity index (χ1) is 14.2. The fourth-order valence-corrected chi connectivity index (χ4v) is 4.21. The smallest absolute Gasteiger partial charge is 0.252 e. The van der Waals surface area contributed by atoms with Gasteiger partial charge in [-0.15, -0.1) is 12.4 Å². The van der Waals surface area contributed by atoms with Crippen molar-refractivity contribution in [3.8, 4) is 0 Å². The number of aromatic nitrogens is 1. The number of amides is 1. The molecule has 8 heteroatoms. The second kappa shape index (κ2) is 10.6. The highest BCUT2D eigenvalue weighted by molar-refractivity contribution is 7.22. The van der Waals surface area contributed by atoms with Crippen molar-refractivity contribution in [2.45, 2.75) is 0 Å². The maximum Gasteiger partial charge on any atom is 0.252 e. The van der Waals surface area contributed by atoms with Gasteiger partial charge in [0.15, 0.2) is 5.13 Å². The lowest BCUT2D eigenvalue weighted by Crippen LogP contribution is -2.42. The molecule has 1 aliphatic heterocycles. The van der Waals surface area contributed by atoms with Crippen LogP contribution in [0.5, 0.6) is 0 Å². The minimum absolute atomic E-state index is 0. The Bertz CT molecular complexity index is 1010.